The van der Waals surface area contributed by atoms with Gasteiger partial charge in [0.25, 0.3) is 0 Å². The molecule has 18 heavy (non-hydrogen) atoms. The van der Waals surface area contributed by atoms with Crippen LogP contribution in [0.5, 0.6) is 0 Å². The monoisotopic (exact) mass is 256 g/mol. The Morgan fingerprint density at radius 1 is 1.33 bits per heavy atom. The Bertz CT molecular complexity index is 301. The molecule has 0 aromatic carbocycles. The number of carbonyl (C=O) groups excluding carboxylic acids is 1. The molecule has 0 heterocycles. The van der Waals surface area contributed by atoms with E-state index >= 15 is 0 Å². The predicted octanol–water partition coefficient (Wildman–Crippen LogP) is 3.02. The molecule has 0 spiro atoms. The van der Waals surface area contributed by atoms with Gasteiger partial charge in [0.15, 0.2) is 0 Å². The SMILES string of the molecule is C=CC[C@@H](C(=O)O)[C@@H](CCC)C(=O)OC(C)(C)C. The Labute approximate surface area is 109 Å². The largest absolute Gasteiger partial charge is 0.481 e. The molecule has 0 bridgehead atoms. The normalized spacial score (nSPS) is 14.7. The van der Waals surface area contributed by atoms with Crippen molar-refractivity contribution in [1.29, 1.82) is 0 Å². The zero-order valence-electron chi connectivity index (χ0n) is 11.7. The number of carbonyl (C=O) groups is 2. The van der Waals surface area contributed by atoms with Crippen molar-refractivity contribution in [2.75, 3.05) is 0 Å². The minimum Gasteiger partial charge on any atom is -0.481 e. The van der Waals surface area contributed by atoms with Crippen molar-refractivity contribution in [3.05, 3.63) is 12.7 Å². The third kappa shape index (κ3) is 5.84. The topological polar surface area (TPSA) is 63.6 Å². The second kappa shape index (κ2) is 7.19. The molecular weight excluding hydrogens is 232 g/mol. The molecule has 4 heteroatoms. The van der Waals surface area contributed by atoms with E-state index < -0.39 is 29.4 Å². The van der Waals surface area contributed by atoms with Gasteiger partial charge in [0.2, 0.25) is 0 Å². The minimum atomic E-state index is -0.973. The average molecular weight is 256 g/mol. The second-order valence-electron chi connectivity index (χ2n) is 5.40. The van der Waals surface area contributed by atoms with Gasteiger partial charge in [0.05, 0.1) is 11.8 Å². The molecule has 0 rings (SSSR count). The van der Waals surface area contributed by atoms with Crippen LogP contribution in [-0.4, -0.2) is 22.6 Å². The summed E-state index contributed by atoms with van der Waals surface area (Å²) >= 11 is 0. The molecule has 0 fully saturated rings. The van der Waals surface area contributed by atoms with E-state index in [1.165, 1.54) is 6.08 Å². The van der Waals surface area contributed by atoms with Crippen molar-refractivity contribution in [3.63, 3.8) is 0 Å². The van der Waals surface area contributed by atoms with Crippen molar-refractivity contribution >= 4 is 11.9 Å². The number of rotatable bonds is 7. The van der Waals surface area contributed by atoms with Gasteiger partial charge in [-0.3, -0.25) is 9.59 Å². The first-order valence-corrected chi connectivity index (χ1v) is 6.29. The molecule has 1 N–H and O–H groups in total. The molecule has 0 saturated heterocycles. The Hall–Kier alpha value is -1.32. The highest BCUT2D eigenvalue weighted by atomic mass is 16.6. The van der Waals surface area contributed by atoms with Crippen LogP contribution in [0.4, 0.5) is 0 Å². The lowest BCUT2D eigenvalue weighted by Crippen LogP contribution is -2.35. The second-order valence-corrected chi connectivity index (χ2v) is 5.40. The molecule has 104 valence electrons. The number of aliphatic carboxylic acids is 1. The van der Waals surface area contributed by atoms with Crippen molar-refractivity contribution in [2.24, 2.45) is 11.8 Å². The molecule has 0 aromatic heterocycles. The van der Waals surface area contributed by atoms with Crippen molar-refractivity contribution in [2.45, 2.75) is 52.6 Å². The van der Waals surface area contributed by atoms with Crippen molar-refractivity contribution in [1.82, 2.24) is 0 Å². The van der Waals surface area contributed by atoms with Gasteiger partial charge >= 0.3 is 11.9 Å². The number of ether oxygens (including phenoxy) is 1. The summed E-state index contributed by atoms with van der Waals surface area (Å²) in [6.07, 6.45) is 3.07. The van der Waals surface area contributed by atoms with Crippen LogP contribution in [0.2, 0.25) is 0 Å². The van der Waals surface area contributed by atoms with Crippen LogP contribution < -0.4 is 0 Å². The molecule has 0 aromatic rings. The predicted molar refractivity (Wildman–Crippen MR) is 70.2 cm³/mol. The molecule has 0 aliphatic heterocycles. The molecule has 0 saturated carbocycles. The van der Waals surface area contributed by atoms with E-state index in [4.69, 9.17) is 4.74 Å². The van der Waals surface area contributed by atoms with E-state index in [0.717, 1.165) is 6.42 Å². The van der Waals surface area contributed by atoms with E-state index in [-0.39, 0.29) is 6.42 Å². The number of carboxylic acids is 1. The Morgan fingerprint density at radius 2 is 1.89 bits per heavy atom. The van der Waals surface area contributed by atoms with E-state index in [9.17, 15) is 14.7 Å². The summed E-state index contributed by atoms with van der Waals surface area (Å²) in [6, 6.07) is 0. The van der Waals surface area contributed by atoms with E-state index in [1.54, 1.807) is 20.8 Å². The Morgan fingerprint density at radius 3 is 2.22 bits per heavy atom. The maximum atomic E-state index is 12.0. The quantitative estimate of drug-likeness (QED) is 0.561. The summed E-state index contributed by atoms with van der Waals surface area (Å²) in [4.78, 5) is 23.3. The highest BCUT2D eigenvalue weighted by molar-refractivity contribution is 5.81. The summed E-state index contributed by atoms with van der Waals surface area (Å²) in [5, 5.41) is 9.19. The van der Waals surface area contributed by atoms with Gasteiger partial charge in [-0.25, -0.2) is 0 Å². The molecule has 0 amide bonds. The lowest BCUT2D eigenvalue weighted by Gasteiger charge is -2.26. The van der Waals surface area contributed by atoms with Crippen LogP contribution in [-0.2, 0) is 14.3 Å². The van der Waals surface area contributed by atoms with Crippen LogP contribution >= 0.6 is 0 Å². The van der Waals surface area contributed by atoms with Gasteiger partial charge in [-0.05, 0) is 33.6 Å². The fourth-order valence-electron chi connectivity index (χ4n) is 1.79. The third-order valence-electron chi connectivity index (χ3n) is 2.53. The molecule has 0 aliphatic carbocycles. The van der Waals surface area contributed by atoms with Crippen LogP contribution in [0.25, 0.3) is 0 Å². The average Bonchev–Trinajstić information content (AvgIpc) is 2.20. The number of esters is 1. The number of hydrogen-bond donors (Lipinski definition) is 1. The third-order valence-corrected chi connectivity index (χ3v) is 2.53. The van der Waals surface area contributed by atoms with Crippen molar-refractivity contribution < 1.29 is 19.4 Å². The van der Waals surface area contributed by atoms with Crippen LogP contribution in [0.3, 0.4) is 0 Å². The van der Waals surface area contributed by atoms with Crippen LogP contribution in [0.15, 0.2) is 12.7 Å². The molecule has 0 unspecified atom stereocenters. The molecule has 0 aliphatic rings. The molecular formula is C14H24O4. The first-order valence-electron chi connectivity index (χ1n) is 6.29. The molecule has 4 nitrogen and oxygen atoms in total. The number of carboxylic acid groups (broad SMARTS) is 1. The smallest absolute Gasteiger partial charge is 0.310 e. The summed E-state index contributed by atoms with van der Waals surface area (Å²) in [5.74, 6) is -2.76. The van der Waals surface area contributed by atoms with E-state index in [0.29, 0.717) is 6.42 Å². The first kappa shape index (κ1) is 16.7. The number of hydrogen-bond acceptors (Lipinski definition) is 3. The lowest BCUT2D eigenvalue weighted by atomic mass is 9.86. The summed E-state index contributed by atoms with van der Waals surface area (Å²) in [7, 11) is 0. The summed E-state index contributed by atoms with van der Waals surface area (Å²) < 4.78 is 5.29. The fourth-order valence-corrected chi connectivity index (χ4v) is 1.79. The molecule has 0 radical (unpaired) electrons. The van der Waals surface area contributed by atoms with E-state index in [1.807, 2.05) is 6.92 Å². The zero-order valence-corrected chi connectivity index (χ0v) is 11.7. The van der Waals surface area contributed by atoms with Crippen LogP contribution in [0, 0.1) is 11.8 Å². The Kier molecular flexibility index (Phi) is 6.66. The first-order chi connectivity index (χ1) is 8.22. The minimum absolute atomic E-state index is 0.277. The maximum Gasteiger partial charge on any atom is 0.310 e. The standard InChI is InChI=1S/C14H24O4/c1-6-8-10(12(15)16)11(9-7-2)13(17)18-14(3,4)5/h6,10-11H,1,7-9H2,2-5H3,(H,15,16)/t10-,11-/m1/s1. The fraction of sp³-hybridized carbons (Fsp3) is 0.714. The van der Waals surface area contributed by atoms with Gasteiger partial charge in [0.1, 0.15) is 5.60 Å². The zero-order chi connectivity index (χ0) is 14.3. The number of allylic oxidation sites excluding steroid dienone is 1. The molecule has 2 atom stereocenters. The van der Waals surface area contributed by atoms with Gasteiger partial charge < -0.3 is 9.84 Å². The summed E-state index contributed by atoms with van der Waals surface area (Å²) in [5.41, 5.74) is -0.597. The highest BCUT2D eigenvalue weighted by Crippen LogP contribution is 2.25. The van der Waals surface area contributed by atoms with Gasteiger partial charge in [-0.1, -0.05) is 19.4 Å². The maximum absolute atomic E-state index is 12.0. The lowest BCUT2D eigenvalue weighted by molar-refractivity contribution is -0.166. The van der Waals surface area contributed by atoms with Crippen molar-refractivity contribution in [3.8, 4) is 0 Å². The summed E-state index contributed by atoms with van der Waals surface area (Å²) in [6.45, 7) is 10.8. The Balaban J connectivity index is 4.96. The van der Waals surface area contributed by atoms with Gasteiger partial charge in [0, 0.05) is 0 Å². The van der Waals surface area contributed by atoms with E-state index in [2.05, 4.69) is 6.58 Å². The van der Waals surface area contributed by atoms with Gasteiger partial charge in [-0.2, -0.15) is 0 Å². The van der Waals surface area contributed by atoms with Crippen LogP contribution in [0.1, 0.15) is 47.0 Å². The highest BCUT2D eigenvalue weighted by Gasteiger charge is 2.35. The van der Waals surface area contributed by atoms with Gasteiger partial charge in [-0.15, -0.1) is 6.58 Å².